The van der Waals surface area contributed by atoms with E-state index < -0.39 is 11.9 Å². The molecule has 1 amide bonds. The molecule has 0 spiro atoms. The molecule has 0 saturated heterocycles. The van der Waals surface area contributed by atoms with Crippen molar-refractivity contribution in [2.75, 3.05) is 14.2 Å². The van der Waals surface area contributed by atoms with Crippen molar-refractivity contribution in [1.29, 1.82) is 0 Å². The molecule has 7 nitrogen and oxygen atoms in total. The molecule has 0 aliphatic carbocycles. The van der Waals surface area contributed by atoms with E-state index in [1.165, 1.54) is 12.1 Å². The van der Waals surface area contributed by atoms with E-state index in [1.54, 1.807) is 33.3 Å². The summed E-state index contributed by atoms with van der Waals surface area (Å²) in [7, 11) is 3.12. The Hall–Kier alpha value is -3.35. The van der Waals surface area contributed by atoms with Crippen LogP contribution in [0, 0.1) is 6.92 Å². The van der Waals surface area contributed by atoms with Crippen LogP contribution in [-0.4, -0.2) is 36.2 Å². The summed E-state index contributed by atoms with van der Waals surface area (Å²) >= 11 is 0. The highest BCUT2D eigenvalue weighted by Crippen LogP contribution is 2.33. The highest BCUT2D eigenvalue weighted by molar-refractivity contribution is 5.94. The second kappa shape index (κ2) is 8.84. The van der Waals surface area contributed by atoms with Gasteiger partial charge in [0.25, 0.3) is 5.91 Å². The Labute approximate surface area is 157 Å². The van der Waals surface area contributed by atoms with E-state index >= 15 is 0 Å². The number of aromatic carboxylic acids is 1. The Morgan fingerprint density at radius 2 is 2.00 bits per heavy atom. The average Bonchev–Trinajstić information content (AvgIpc) is 2.65. The number of rotatable bonds is 8. The maximum Gasteiger partial charge on any atom is 0.337 e. The van der Waals surface area contributed by atoms with Crippen LogP contribution >= 0.6 is 0 Å². The number of aryl methyl sites for hydroxylation is 1. The number of carboxylic acid groups (broad SMARTS) is 1. The lowest BCUT2D eigenvalue weighted by molar-refractivity contribution is 0.0694. The Kier molecular flexibility index (Phi) is 6.54. The number of benzene rings is 1. The molecule has 1 aromatic carbocycles. The summed E-state index contributed by atoms with van der Waals surface area (Å²) in [6.45, 7) is 5.55. The third-order valence-electron chi connectivity index (χ3n) is 3.98. The van der Waals surface area contributed by atoms with E-state index in [4.69, 9.17) is 14.6 Å². The molecule has 0 fully saturated rings. The summed E-state index contributed by atoms with van der Waals surface area (Å²) in [5.74, 6) is -0.267. The van der Waals surface area contributed by atoms with Gasteiger partial charge in [0.05, 0.1) is 25.5 Å². The predicted octanol–water partition coefficient (Wildman–Crippen LogP) is 2.76. The minimum atomic E-state index is -1.08. The van der Waals surface area contributed by atoms with Crippen molar-refractivity contribution in [3.8, 4) is 11.5 Å². The molecule has 0 atom stereocenters. The summed E-state index contributed by atoms with van der Waals surface area (Å²) in [5.41, 5.74) is 2.24. The second-order valence-electron chi connectivity index (χ2n) is 5.80. The van der Waals surface area contributed by atoms with Gasteiger partial charge in [-0.05, 0) is 43.2 Å². The highest BCUT2D eigenvalue weighted by atomic mass is 16.5. The third kappa shape index (κ3) is 4.63. The van der Waals surface area contributed by atoms with Crippen molar-refractivity contribution in [3.05, 3.63) is 65.0 Å². The molecule has 2 aromatic rings. The van der Waals surface area contributed by atoms with Gasteiger partial charge >= 0.3 is 5.97 Å². The molecule has 1 heterocycles. The van der Waals surface area contributed by atoms with Crippen molar-refractivity contribution in [1.82, 2.24) is 10.3 Å². The molecule has 2 N–H and O–H groups in total. The van der Waals surface area contributed by atoms with Gasteiger partial charge in [0, 0.05) is 12.1 Å². The molecule has 27 heavy (non-hydrogen) atoms. The van der Waals surface area contributed by atoms with Crippen LogP contribution in [0.25, 0.3) is 0 Å². The van der Waals surface area contributed by atoms with E-state index in [0.717, 1.165) is 11.1 Å². The van der Waals surface area contributed by atoms with Crippen LogP contribution in [-0.2, 0) is 13.0 Å². The standard InChI is InChI=1S/C20H22N2O5/c1-5-6-14-9-13(10-17(26-3)18(14)27-4)11-21-19(23)16-8-7-15(20(24)25)12(2)22-16/h5,7-10H,1,6,11H2,2-4H3,(H,21,23)(H,24,25). The molecule has 142 valence electrons. The van der Waals surface area contributed by atoms with Crippen LogP contribution in [0.5, 0.6) is 11.5 Å². The number of carbonyl (C=O) groups is 2. The Bertz CT molecular complexity index is 877. The second-order valence-corrected chi connectivity index (χ2v) is 5.80. The van der Waals surface area contributed by atoms with Gasteiger partial charge < -0.3 is 19.9 Å². The van der Waals surface area contributed by atoms with Crippen molar-refractivity contribution < 1.29 is 24.2 Å². The fourth-order valence-corrected chi connectivity index (χ4v) is 2.70. The topological polar surface area (TPSA) is 97.8 Å². The number of carboxylic acids is 1. The van der Waals surface area contributed by atoms with Gasteiger partial charge in [-0.3, -0.25) is 4.79 Å². The Morgan fingerprint density at radius 3 is 2.56 bits per heavy atom. The lowest BCUT2D eigenvalue weighted by Gasteiger charge is -2.15. The molecule has 0 unspecified atom stereocenters. The zero-order chi connectivity index (χ0) is 20.0. The van der Waals surface area contributed by atoms with Gasteiger partial charge in [-0.1, -0.05) is 6.08 Å². The molecule has 2 rings (SSSR count). The number of allylic oxidation sites excluding steroid dienone is 1. The first-order valence-electron chi connectivity index (χ1n) is 8.25. The van der Waals surface area contributed by atoms with E-state index in [0.29, 0.717) is 17.9 Å². The minimum absolute atomic E-state index is 0.0699. The molecule has 0 saturated carbocycles. The number of amides is 1. The zero-order valence-electron chi connectivity index (χ0n) is 15.5. The summed E-state index contributed by atoms with van der Waals surface area (Å²) < 4.78 is 10.8. The molecule has 0 bridgehead atoms. The first-order chi connectivity index (χ1) is 12.9. The van der Waals surface area contributed by atoms with Crippen LogP contribution in [0.3, 0.4) is 0 Å². The van der Waals surface area contributed by atoms with Gasteiger partial charge in [-0.25, -0.2) is 9.78 Å². The van der Waals surface area contributed by atoms with Crippen LogP contribution in [0.15, 0.2) is 36.9 Å². The van der Waals surface area contributed by atoms with Gasteiger partial charge in [0.2, 0.25) is 0 Å². The number of methoxy groups -OCH3 is 2. The highest BCUT2D eigenvalue weighted by Gasteiger charge is 2.15. The third-order valence-corrected chi connectivity index (χ3v) is 3.98. The number of nitrogens with zero attached hydrogens (tertiary/aromatic N) is 1. The number of carbonyl (C=O) groups excluding carboxylic acids is 1. The molecule has 0 aliphatic heterocycles. The van der Waals surface area contributed by atoms with E-state index in [9.17, 15) is 9.59 Å². The maximum absolute atomic E-state index is 12.3. The molecule has 0 radical (unpaired) electrons. The van der Waals surface area contributed by atoms with Gasteiger partial charge in [0.15, 0.2) is 11.5 Å². The van der Waals surface area contributed by atoms with E-state index in [-0.39, 0.29) is 23.5 Å². The van der Waals surface area contributed by atoms with Crippen LogP contribution in [0.1, 0.15) is 37.7 Å². The number of ether oxygens (including phenoxy) is 2. The largest absolute Gasteiger partial charge is 0.493 e. The van der Waals surface area contributed by atoms with Crippen LogP contribution < -0.4 is 14.8 Å². The van der Waals surface area contributed by atoms with Crippen molar-refractivity contribution >= 4 is 11.9 Å². The summed E-state index contributed by atoms with van der Waals surface area (Å²) in [6, 6.07) is 6.47. The fraction of sp³-hybridized carbons (Fsp3) is 0.250. The van der Waals surface area contributed by atoms with Gasteiger partial charge in [-0.2, -0.15) is 0 Å². The summed E-state index contributed by atoms with van der Waals surface area (Å²) in [4.78, 5) is 27.5. The lowest BCUT2D eigenvalue weighted by Crippen LogP contribution is -2.24. The van der Waals surface area contributed by atoms with E-state index in [2.05, 4.69) is 16.9 Å². The Morgan fingerprint density at radius 1 is 1.26 bits per heavy atom. The molecule has 7 heteroatoms. The normalized spacial score (nSPS) is 10.2. The van der Waals surface area contributed by atoms with Gasteiger partial charge in [-0.15, -0.1) is 6.58 Å². The predicted molar refractivity (Wildman–Crippen MR) is 101 cm³/mol. The van der Waals surface area contributed by atoms with Crippen molar-refractivity contribution in [2.24, 2.45) is 0 Å². The monoisotopic (exact) mass is 370 g/mol. The lowest BCUT2D eigenvalue weighted by atomic mass is 10.1. The zero-order valence-corrected chi connectivity index (χ0v) is 15.5. The number of pyridine rings is 1. The number of nitrogens with one attached hydrogen (secondary N) is 1. The summed E-state index contributed by atoms with van der Waals surface area (Å²) in [6.07, 6.45) is 2.36. The average molecular weight is 370 g/mol. The molecule has 0 aliphatic rings. The molecule has 1 aromatic heterocycles. The maximum atomic E-state index is 12.3. The number of hydrogen-bond donors (Lipinski definition) is 2. The summed E-state index contributed by atoms with van der Waals surface area (Å²) in [5, 5.41) is 11.8. The smallest absolute Gasteiger partial charge is 0.337 e. The van der Waals surface area contributed by atoms with Crippen LogP contribution in [0.2, 0.25) is 0 Å². The van der Waals surface area contributed by atoms with Gasteiger partial charge in [0.1, 0.15) is 5.69 Å². The molecular formula is C20H22N2O5. The van der Waals surface area contributed by atoms with Crippen LogP contribution in [0.4, 0.5) is 0 Å². The quantitative estimate of drug-likeness (QED) is 0.694. The minimum Gasteiger partial charge on any atom is -0.493 e. The number of hydrogen-bond acceptors (Lipinski definition) is 5. The number of aromatic nitrogens is 1. The van der Waals surface area contributed by atoms with E-state index in [1.807, 2.05) is 6.07 Å². The Balaban J connectivity index is 2.19. The first kappa shape index (κ1) is 20.0. The fourth-order valence-electron chi connectivity index (χ4n) is 2.70. The van der Waals surface area contributed by atoms with Crippen molar-refractivity contribution in [2.45, 2.75) is 19.9 Å². The SMILES string of the molecule is C=CCc1cc(CNC(=O)c2ccc(C(=O)O)c(C)n2)cc(OC)c1OC. The molecular weight excluding hydrogens is 348 g/mol. The van der Waals surface area contributed by atoms with Crippen molar-refractivity contribution in [3.63, 3.8) is 0 Å². The first-order valence-corrected chi connectivity index (χ1v) is 8.25.